The molecule has 2 heterocycles. The molecule has 0 saturated heterocycles. The van der Waals surface area contributed by atoms with E-state index in [1.165, 1.54) is 29.0 Å². The van der Waals surface area contributed by atoms with Gasteiger partial charge >= 0.3 is 5.97 Å². The molecule has 134 valence electrons. The molecule has 0 aliphatic heterocycles. The zero-order chi connectivity index (χ0) is 18.7. The normalized spacial score (nSPS) is 12.3. The highest BCUT2D eigenvalue weighted by Gasteiger charge is 2.12. The third-order valence-electron chi connectivity index (χ3n) is 4.03. The van der Waals surface area contributed by atoms with E-state index in [-0.39, 0.29) is 29.8 Å². The molecule has 1 aromatic carbocycles. The van der Waals surface area contributed by atoms with E-state index in [4.69, 9.17) is 5.11 Å². The van der Waals surface area contributed by atoms with Gasteiger partial charge in [-0.1, -0.05) is 12.1 Å². The summed E-state index contributed by atoms with van der Waals surface area (Å²) < 4.78 is 14.2. The highest BCUT2D eigenvalue weighted by atomic mass is 19.1. The number of hydrogen-bond acceptors (Lipinski definition) is 5. The van der Waals surface area contributed by atoms with Gasteiger partial charge in [0.15, 0.2) is 11.0 Å². The SMILES string of the molecule is O=C(O)CC/C(O)=c1\c(=O)cc(CCc2ccc(F)cc2)c2ncnn12. The molecule has 0 saturated carbocycles. The topological polar surface area (TPSA) is 105 Å². The van der Waals surface area contributed by atoms with E-state index in [0.717, 1.165) is 5.56 Å². The Labute approximate surface area is 147 Å². The number of nitrogens with zero attached hydrogens (tertiary/aromatic N) is 3. The van der Waals surface area contributed by atoms with Gasteiger partial charge in [0.2, 0.25) is 5.43 Å². The van der Waals surface area contributed by atoms with Gasteiger partial charge < -0.3 is 10.2 Å². The molecular formula is C18H16FN3O4. The van der Waals surface area contributed by atoms with Gasteiger partial charge in [-0.15, -0.1) is 0 Å². The number of aliphatic hydroxyl groups is 1. The van der Waals surface area contributed by atoms with Crippen LogP contribution in [-0.2, 0) is 17.6 Å². The fourth-order valence-corrected chi connectivity index (χ4v) is 2.74. The number of benzene rings is 1. The number of aryl methyl sites for hydroxylation is 2. The number of aliphatic carboxylic acids is 1. The van der Waals surface area contributed by atoms with Crippen LogP contribution < -0.4 is 10.8 Å². The first-order valence-electron chi connectivity index (χ1n) is 7.99. The lowest BCUT2D eigenvalue weighted by Gasteiger charge is -2.05. The minimum Gasteiger partial charge on any atom is -0.510 e. The number of hydrogen-bond donors (Lipinski definition) is 2. The quantitative estimate of drug-likeness (QED) is 0.688. The van der Waals surface area contributed by atoms with Gasteiger partial charge in [0.25, 0.3) is 0 Å². The van der Waals surface area contributed by atoms with Crippen molar-refractivity contribution in [3.05, 3.63) is 69.2 Å². The van der Waals surface area contributed by atoms with Crippen LogP contribution >= 0.6 is 0 Å². The largest absolute Gasteiger partial charge is 0.510 e. The van der Waals surface area contributed by atoms with Gasteiger partial charge in [-0.05, 0) is 36.6 Å². The van der Waals surface area contributed by atoms with Crippen molar-refractivity contribution in [3.63, 3.8) is 0 Å². The highest BCUT2D eigenvalue weighted by Crippen LogP contribution is 2.10. The van der Waals surface area contributed by atoms with Gasteiger partial charge in [-0.2, -0.15) is 5.10 Å². The van der Waals surface area contributed by atoms with Crippen LogP contribution in [-0.4, -0.2) is 30.8 Å². The molecule has 7 nitrogen and oxygen atoms in total. The average Bonchev–Trinajstić information content (AvgIpc) is 3.08. The molecule has 2 aromatic heterocycles. The molecule has 3 rings (SSSR count). The number of aromatic nitrogens is 3. The molecule has 0 aliphatic rings. The minimum atomic E-state index is -1.07. The zero-order valence-electron chi connectivity index (χ0n) is 13.7. The summed E-state index contributed by atoms with van der Waals surface area (Å²) in [6, 6.07) is 7.47. The fourth-order valence-electron chi connectivity index (χ4n) is 2.74. The van der Waals surface area contributed by atoms with E-state index >= 15 is 0 Å². The summed E-state index contributed by atoms with van der Waals surface area (Å²) in [4.78, 5) is 27.2. The molecule has 0 amide bonds. The van der Waals surface area contributed by atoms with Crippen LogP contribution in [0.3, 0.4) is 0 Å². The first-order chi connectivity index (χ1) is 12.5. The van der Waals surface area contributed by atoms with E-state index in [0.29, 0.717) is 24.1 Å². The van der Waals surface area contributed by atoms with Gasteiger partial charge in [-0.25, -0.2) is 13.9 Å². The van der Waals surface area contributed by atoms with Crippen molar-refractivity contribution < 1.29 is 19.4 Å². The predicted molar refractivity (Wildman–Crippen MR) is 91.2 cm³/mol. The van der Waals surface area contributed by atoms with E-state index in [1.807, 2.05) is 0 Å². The summed E-state index contributed by atoms with van der Waals surface area (Å²) in [7, 11) is 0. The first kappa shape index (κ1) is 17.5. The smallest absolute Gasteiger partial charge is 0.303 e. The lowest BCUT2D eigenvalue weighted by atomic mass is 10.0. The summed E-state index contributed by atoms with van der Waals surface area (Å²) in [6.45, 7) is 0. The molecule has 0 unspecified atom stereocenters. The lowest BCUT2D eigenvalue weighted by molar-refractivity contribution is -0.136. The Morgan fingerprint density at radius 3 is 2.54 bits per heavy atom. The van der Waals surface area contributed by atoms with Crippen molar-refractivity contribution in [2.75, 3.05) is 0 Å². The molecule has 0 spiro atoms. The molecule has 0 radical (unpaired) electrons. The average molecular weight is 357 g/mol. The van der Waals surface area contributed by atoms with Crippen molar-refractivity contribution in [3.8, 4) is 0 Å². The Kier molecular flexibility index (Phi) is 4.92. The molecule has 0 fully saturated rings. The Hall–Kier alpha value is -3.29. The number of aliphatic hydroxyl groups excluding tert-OH is 1. The van der Waals surface area contributed by atoms with Crippen molar-refractivity contribution in [2.45, 2.75) is 25.7 Å². The van der Waals surface area contributed by atoms with Crippen molar-refractivity contribution in [2.24, 2.45) is 0 Å². The maximum atomic E-state index is 13.0. The summed E-state index contributed by atoms with van der Waals surface area (Å²) in [5, 5.41) is 22.8. The molecule has 0 atom stereocenters. The molecule has 0 bridgehead atoms. The minimum absolute atomic E-state index is 0.0794. The van der Waals surface area contributed by atoms with Gasteiger partial charge in [-0.3, -0.25) is 9.59 Å². The molecule has 3 aromatic rings. The molecule has 0 aliphatic carbocycles. The maximum Gasteiger partial charge on any atom is 0.303 e. The van der Waals surface area contributed by atoms with Crippen LogP contribution in [0.15, 0.2) is 41.5 Å². The third kappa shape index (κ3) is 3.69. The maximum absolute atomic E-state index is 13.0. The van der Waals surface area contributed by atoms with Crippen molar-refractivity contribution in [1.29, 1.82) is 0 Å². The molecule has 26 heavy (non-hydrogen) atoms. The number of halogens is 1. The zero-order valence-corrected chi connectivity index (χ0v) is 13.7. The second-order valence-corrected chi connectivity index (χ2v) is 5.84. The Morgan fingerprint density at radius 1 is 1.12 bits per heavy atom. The third-order valence-corrected chi connectivity index (χ3v) is 4.03. The van der Waals surface area contributed by atoms with Crippen molar-refractivity contribution in [1.82, 2.24) is 14.6 Å². The fraction of sp³-hybridized carbons (Fsp3) is 0.222. The van der Waals surface area contributed by atoms with Crippen molar-refractivity contribution >= 4 is 17.4 Å². The van der Waals surface area contributed by atoms with Crippen LogP contribution in [0.2, 0.25) is 0 Å². The number of fused-ring (bicyclic) bond motifs is 1. The number of pyridine rings is 1. The van der Waals surface area contributed by atoms with Crippen LogP contribution in [0, 0.1) is 5.82 Å². The standard InChI is InChI=1S/C18H16FN3O4/c19-13-5-2-11(3-6-13)1-4-12-9-15(24)17(14(23)7-8-16(25)26)22-18(12)20-10-21-22/h2-3,5-6,9-10,23H,1,4,7-8H2,(H,25,26)/b17-14-. The Morgan fingerprint density at radius 2 is 1.85 bits per heavy atom. The summed E-state index contributed by atoms with van der Waals surface area (Å²) in [6.07, 6.45) is 1.86. The van der Waals surface area contributed by atoms with Crippen LogP contribution in [0.1, 0.15) is 24.0 Å². The number of carboxylic acid groups (broad SMARTS) is 1. The number of carbonyl (C=O) groups is 1. The summed E-state index contributed by atoms with van der Waals surface area (Å²) >= 11 is 0. The van der Waals surface area contributed by atoms with E-state index in [9.17, 15) is 19.1 Å². The molecular weight excluding hydrogens is 341 g/mol. The van der Waals surface area contributed by atoms with Crippen LogP contribution in [0.25, 0.3) is 11.4 Å². The number of carboxylic acids is 1. The van der Waals surface area contributed by atoms with Crippen LogP contribution in [0.5, 0.6) is 0 Å². The second-order valence-electron chi connectivity index (χ2n) is 5.84. The highest BCUT2D eigenvalue weighted by molar-refractivity contribution is 5.68. The molecule has 2 N–H and O–H groups in total. The van der Waals surface area contributed by atoms with Gasteiger partial charge in [0.05, 0.1) is 6.42 Å². The van der Waals surface area contributed by atoms with Crippen LogP contribution in [0.4, 0.5) is 4.39 Å². The predicted octanol–water partition coefficient (Wildman–Crippen LogP) is 1.26. The van der Waals surface area contributed by atoms with E-state index in [1.54, 1.807) is 12.1 Å². The number of rotatable bonds is 6. The summed E-state index contributed by atoms with van der Waals surface area (Å²) in [5.74, 6) is -1.72. The van der Waals surface area contributed by atoms with E-state index < -0.39 is 11.4 Å². The van der Waals surface area contributed by atoms with Gasteiger partial charge in [0, 0.05) is 12.0 Å². The monoisotopic (exact) mass is 357 g/mol. The Bertz CT molecular complexity index is 1060. The Balaban J connectivity index is 1.96. The lowest BCUT2D eigenvalue weighted by Crippen LogP contribution is -2.35. The molecule has 8 heteroatoms. The van der Waals surface area contributed by atoms with Gasteiger partial charge in [0.1, 0.15) is 17.9 Å². The first-order valence-corrected chi connectivity index (χ1v) is 7.99. The summed E-state index contributed by atoms with van der Waals surface area (Å²) in [5.41, 5.74) is 1.52. The van der Waals surface area contributed by atoms with E-state index in [2.05, 4.69) is 10.1 Å². The second kappa shape index (κ2) is 7.30.